The van der Waals surface area contributed by atoms with Crippen molar-refractivity contribution < 1.29 is 9.59 Å². The van der Waals surface area contributed by atoms with Crippen molar-refractivity contribution in [3.05, 3.63) is 108 Å². The maximum absolute atomic E-state index is 13.1. The molecule has 3 aromatic rings. The van der Waals surface area contributed by atoms with Gasteiger partial charge in [-0.25, -0.2) is 0 Å². The maximum Gasteiger partial charge on any atom is 0.251 e. The fraction of sp³-hybridized carbons (Fsp3) is 0.259. The predicted molar refractivity (Wildman–Crippen MR) is 126 cm³/mol. The first kappa shape index (κ1) is 21.8. The van der Waals surface area contributed by atoms with Crippen LogP contribution in [0.15, 0.2) is 91.0 Å². The Morgan fingerprint density at radius 3 is 1.94 bits per heavy atom. The van der Waals surface area contributed by atoms with Gasteiger partial charge in [-0.05, 0) is 23.3 Å². The van der Waals surface area contributed by atoms with Crippen molar-refractivity contribution in [1.82, 2.24) is 15.1 Å². The van der Waals surface area contributed by atoms with Crippen LogP contribution in [0, 0.1) is 0 Å². The SMILES string of the molecule is O=C(N[C@@H](CC(=O)N1CCN(Cc2ccccc2)CC1)c1ccccc1)c1ccccc1. The van der Waals surface area contributed by atoms with Crippen LogP contribution in [0.1, 0.15) is 33.9 Å². The van der Waals surface area contributed by atoms with E-state index in [1.807, 2.05) is 59.5 Å². The van der Waals surface area contributed by atoms with Crippen LogP contribution >= 0.6 is 0 Å². The summed E-state index contributed by atoms with van der Waals surface area (Å²) in [5, 5.41) is 3.06. The van der Waals surface area contributed by atoms with E-state index in [4.69, 9.17) is 0 Å². The van der Waals surface area contributed by atoms with E-state index >= 15 is 0 Å². The molecule has 1 saturated heterocycles. The summed E-state index contributed by atoms with van der Waals surface area (Å²) in [7, 11) is 0. The zero-order chi connectivity index (χ0) is 22.2. The summed E-state index contributed by atoms with van der Waals surface area (Å²) in [6.07, 6.45) is 0.251. The molecule has 1 aliphatic rings. The topological polar surface area (TPSA) is 52.7 Å². The minimum atomic E-state index is -0.362. The highest BCUT2D eigenvalue weighted by molar-refractivity contribution is 5.94. The number of piperazine rings is 1. The Morgan fingerprint density at radius 1 is 0.750 bits per heavy atom. The molecular formula is C27H29N3O2. The Balaban J connectivity index is 1.37. The minimum Gasteiger partial charge on any atom is -0.345 e. The maximum atomic E-state index is 13.1. The van der Waals surface area contributed by atoms with Crippen molar-refractivity contribution in [3.8, 4) is 0 Å². The lowest BCUT2D eigenvalue weighted by molar-refractivity contribution is -0.133. The molecule has 32 heavy (non-hydrogen) atoms. The molecule has 1 heterocycles. The fourth-order valence-electron chi connectivity index (χ4n) is 4.07. The van der Waals surface area contributed by atoms with Crippen LogP contribution in [0.3, 0.4) is 0 Å². The molecule has 0 aromatic heterocycles. The van der Waals surface area contributed by atoms with Gasteiger partial charge in [-0.2, -0.15) is 0 Å². The molecule has 1 N–H and O–H groups in total. The summed E-state index contributed by atoms with van der Waals surface area (Å²) >= 11 is 0. The molecule has 0 aliphatic carbocycles. The first-order chi connectivity index (χ1) is 15.7. The summed E-state index contributed by atoms with van der Waals surface area (Å²) in [5.41, 5.74) is 2.82. The van der Waals surface area contributed by atoms with E-state index in [0.717, 1.165) is 25.2 Å². The largest absolute Gasteiger partial charge is 0.345 e. The number of nitrogens with one attached hydrogen (secondary N) is 1. The average molecular weight is 428 g/mol. The van der Waals surface area contributed by atoms with Gasteiger partial charge in [0.15, 0.2) is 0 Å². The number of carbonyl (C=O) groups excluding carboxylic acids is 2. The normalized spacial score (nSPS) is 15.2. The van der Waals surface area contributed by atoms with Crippen LogP contribution < -0.4 is 5.32 Å². The molecule has 5 nitrogen and oxygen atoms in total. The van der Waals surface area contributed by atoms with Crippen LogP contribution in [-0.4, -0.2) is 47.8 Å². The second kappa shape index (κ2) is 10.7. The quantitative estimate of drug-likeness (QED) is 0.622. The molecule has 1 fully saturated rings. The van der Waals surface area contributed by atoms with Gasteiger partial charge in [0, 0.05) is 38.3 Å². The molecule has 5 heteroatoms. The zero-order valence-corrected chi connectivity index (χ0v) is 18.2. The summed E-state index contributed by atoms with van der Waals surface area (Å²) in [6, 6.07) is 28.9. The molecule has 2 amide bonds. The van der Waals surface area contributed by atoms with Crippen LogP contribution in [0.2, 0.25) is 0 Å². The highest BCUT2D eigenvalue weighted by atomic mass is 16.2. The van der Waals surface area contributed by atoms with Crippen LogP contribution in [0.25, 0.3) is 0 Å². The lowest BCUT2D eigenvalue weighted by Crippen LogP contribution is -2.49. The van der Waals surface area contributed by atoms with Gasteiger partial charge in [0.1, 0.15) is 0 Å². The van der Waals surface area contributed by atoms with Crippen LogP contribution in [0.5, 0.6) is 0 Å². The molecule has 164 valence electrons. The highest BCUT2D eigenvalue weighted by Gasteiger charge is 2.25. The second-order valence-electron chi connectivity index (χ2n) is 8.15. The number of hydrogen-bond donors (Lipinski definition) is 1. The molecule has 1 aliphatic heterocycles. The van der Waals surface area contributed by atoms with Crippen molar-refractivity contribution in [3.63, 3.8) is 0 Å². The van der Waals surface area contributed by atoms with Gasteiger partial charge in [-0.1, -0.05) is 78.9 Å². The number of rotatable bonds is 7. The summed E-state index contributed by atoms with van der Waals surface area (Å²) in [6.45, 7) is 4.03. The lowest BCUT2D eigenvalue weighted by atomic mass is 10.0. The third-order valence-corrected chi connectivity index (χ3v) is 5.90. The van der Waals surface area contributed by atoms with E-state index in [-0.39, 0.29) is 24.3 Å². The summed E-state index contributed by atoms with van der Waals surface area (Å²) in [4.78, 5) is 30.2. The number of benzene rings is 3. The molecule has 0 saturated carbocycles. The monoisotopic (exact) mass is 427 g/mol. The van der Waals surface area contributed by atoms with Crippen molar-refractivity contribution in [1.29, 1.82) is 0 Å². The van der Waals surface area contributed by atoms with E-state index in [0.29, 0.717) is 18.7 Å². The predicted octanol–water partition coefficient (Wildman–Crippen LogP) is 3.89. The molecule has 0 spiro atoms. The Morgan fingerprint density at radius 2 is 1.31 bits per heavy atom. The molecule has 0 unspecified atom stereocenters. The molecule has 3 aromatic carbocycles. The van der Waals surface area contributed by atoms with Crippen molar-refractivity contribution in [2.24, 2.45) is 0 Å². The van der Waals surface area contributed by atoms with Crippen LogP contribution in [-0.2, 0) is 11.3 Å². The number of carbonyl (C=O) groups is 2. The van der Waals surface area contributed by atoms with E-state index in [1.54, 1.807) is 12.1 Å². The van der Waals surface area contributed by atoms with Gasteiger partial charge < -0.3 is 10.2 Å². The molecule has 1 atom stereocenters. The average Bonchev–Trinajstić information content (AvgIpc) is 2.85. The Kier molecular flexibility index (Phi) is 7.31. The van der Waals surface area contributed by atoms with E-state index in [9.17, 15) is 9.59 Å². The van der Waals surface area contributed by atoms with Gasteiger partial charge in [0.2, 0.25) is 5.91 Å². The fourth-order valence-corrected chi connectivity index (χ4v) is 4.07. The molecule has 0 bridgehead atoms. The summed E-state index contributed by atoms with van der Waals surface area (Å²) < 4.78 is 0. The Bertz CT molecular complexity index is 1000. The smallest absolute Gasteiger partial charge is 0.251 e. The third kappa shape index (κ3) is 5.83. The van der Waals surface area contributed by atoms with Gasteiger partial charge in [-0.3, -0.25) is 14.5 Å². The van der Waals surface area contributed by atoms with Crippen molar-refractivity contribution in [2.45, 2.75) is 19.0 Å². The molecular weight excluding hydrogens is 398 g/mol. The van der Waals surface area contributed by atoms with E-state index in [2.05, 4.69) is 34.5 Å². The third-order valence-electron chi connectivity index (χ3n) is 5.90. The van der Waals surface area contributed by atoms with E-state index in [1.165, 1.54) is 5.56 Å². The van der Waals surface area contributed by atoms with Gasteiger partial charge in [-0.15, -0.1) is 0 Å². The van der Waals surface area contributed by atoms with Gasteiger partial charge >= 0.3 is 0 Å². The Hall–Kier alpha value is -3.44. The van der Waals surface area contributed by atoms with Crippen molar-refractivity contribution >= 4 is 11.8 Å². The van der Waals surface area contributed by atoms with E-state index < -0.39 is 0 Å². The highest BCUT2D eigenvalue weighted by Crippen LogP contribution is 2.20. The summed E-state index contributed by atoms with van der Waals surface area (Å²) in [5.74, 6) is -0.0912. The van der Waals surface area contributed by atoms with Gasteiger partial charge in [0.25, 0.3) is 5.91 Å². The van der Waals surface area contributed by atoms with Gasteiger partial charge in [0.05, 0.1) is 12.5 Å². The molecule has 0 radical (unpaired) electrons. The first-order valence-electron chi connectivity index (χ1n) is 11.1. The lowest BCUT2D eigenvalue weighted by Gasteiger charge is -2.35. The Labute approximate surface area is 189 Å². The minimum absolute atomic E-state index is 0.0755. The van der Waals surface area contributed by atoms with Crippen molar-refractivity contribution in [2.75, 3.05) is 26.2 Å². The zero-order valence-electron chi connectivity index (χ0n) is 18.2. The first-order valence-corrected chi connectivity index (χ1v) is 11.1. The number of nitrogens with zero attached hydrogens (tertiary/aromatic N) is 2. The number of amides is 2. The second-order valence-corrected chi connectivity index (χ2v) is 8.15. The number of hydrogen-bond acceptors (Lipinski definition) is 3. The molecule has 4 rings (SSSR count). The van der Waals surface area contributed by atoms with Crippen LogP contribution in [0.4, 0.5) is 0 Å². The standard InChI is InChI=1S/C27H29N3O2/c31-26(30-18-16-29(17-19-30)21-22-10-4-1-5-11-22)20-25(23-12-6-2-7-13-23)28-27(32)24-14-8-3-9-15-24/h1-15,25H,16-21H2,(H,28,32)/t25-/m0/s1.